The maximum absolute atomic E-state index is 12.6. The topological polar surface area (TPSA) is 80.3 Å². The van der Waals surface area contributed by atoms with Crippen LogP contribution in [-0.4, -0.2) is 30.0 Å². The summed E-state index contributed by atoms with van der Waals surface area (Å²) in [5.74, 6) is 0.873. The first-order chi connectivity index (χ1) is 15.6. The molecular formula is C26H27N3O3. The number of benzene rings is 2. The molecule has 2 aliphatic rings. The van der Waals surface area contributed by atoms with Gasteiger partial charge in [0.2, 0.25) is 11.8 Å². The van der Waals surface area contributed by atoms with Gasteiger partial charge in [-0.2, -0.15) is 0 Å². The molecule has 1 aromatic heterocycles. The Morgan fingerprint density at radius 3 is 2.41 bits per heavy atom. The Morgan fingerprint density at radius 1 is 0.875 bits per heavy atom. The highest BCUT2D eigenvalue weighted by Gasteiger charge is 2.29. The Hall–Kier alpha value is -3.25. The summed E-state index contributed by atoms with van der Waals surface area (Å²) in [6, 6.07) is 14.2. The molecular weight excluding hydrogens is 402 g/mol. The van der Waals surface area contributed by atoms with Crippen molar-refractivity contribution in [2.45, 2.75) is 32.6 Å². The summed E-state index contributed by atoms with van der Waals surface area (Å²) in [5.41, 5.74) is 4.07. The number of carbonyl (C=O) groups excluding carboxylic acids is 2. The van der Waals surface area contributed by atoms with Gasteiger partial charge in [-0.25, -0.2) is 4.98 Å². The van der Waals surface area contributed by atoms with E-state index in [0.717, 1.165) is 58.8 Å². The lowest BCUT2D eigenvalue weighted by atomic mass is 9.97. The Bertz CT molecular complexity index is 1180. The lowest BCUT2D eigenvalue weighted by Gasteiger charge is -2.21. The summed E-state index contributed by atoms with van der Waals surface area (Å²) in [7, 11) is 0. The Balaban J connectivity index is 1.37. The molecule has 0 spiro atoms. The van der Waals surface area contributed by atoms with Crippen LogP contribution in [0.2, 0.25) is 0 Å². The van der Waals surface area contributed by atoms with Crippen molar-refractivity contribution in [2.24, 2.45) is 11.8 Å². The Labute approximate surface area is 187 Å². The number of anilines is 2. The van der Waals surface area contributed by atoms with E-state index in [1.54, 1.807) is 6.20 Å². The van der Waals surface area contributed by atoms with E-state index in [2.05, 4.69) is 34.7 Å². The van der Waals surface area contributed by atoms with Gasteiger partial charge in [-0.05, 0) is 78.9 Å². The van der Waals surface area contributed by atoms with Gasteiger partial charge < -0.3 is 15.4 Å². The molecule has 0 atom stereocenters. The summed E-state index contributed by atoms with van der Waals surface area (Å²) >= 11 is 0. The molecule has 5 rings (SSSR count). The zero-order valence-electron chi connectivity index (χ0n) is 18.2. The molecule has 6 heteroatoms. The Kier molecular flexibility index (Phi) is 5.62. The van der Waals surface area contributed by atoms with E-state index < -0.39 is 0 Å². The van der Waals surface area contributed by atoms with E-state index in [-0.39, 0.29) is 23.7 Å². The average Bonchev–Trinajstić information content (AvgIpc) is 3.66. The van der Waals surface area contributed by atoms with Gasteiger partial charge in [0.1, 0.15) is 5.82 Å². The van der Waals surface area contributed by atoms with Gasteiger partial charge in [-0.3, -0.25) is 9.59 Å². The van der Waals surface area contributed by atoms with Gasteiger partial charge in [0, 0.05) is 42.3 Å². The number of nitrogens with zero attached hydrogens (tertiary/aromatic N) is 1. The monoisotopic (exact) mass is 429 g/mol. The lowest BCUT2D eigenvalue weighted by molar-refractivity contribution is -0.122. The highest BCUT2D eigenvalue weighted by Crippen LogP contribution is 2.32. The van der Waals surface area contributed by atoms with Gasteiger partial charge in [0.25, 0.3) is 0 Å². The molecule has 2 amide bonds. The molecule has 2 heterocycles. The van der Waals surface area contributed by atoms with Crippen molar-refractivity contribution in [1.29, 1.82) is 0 Å². The molecule has 2 N–H and O–H groups in total. The molecule has 1 saturated heterocycles. The van der Waals surface area contributed by atoms with Crippen LogP contribution in [-0.2, 0) is 14.3 Å². The molecule has 3 aromatic rings. The van der Waals surface area contributed by atoms with Crippen molar-refractivity contribution >= 4 is 34.1 Å². The standard InChI is InChI=1S/C26H27N3O3/c1-16-2-7-22(28-25(30)18-8-10-32-11-9-18)14-23(16)20-6-5-19-13-24(27-15-21(19)12-20)29-26(31)17-3-4-17/h2,5-7,12-15,17-18H,3-4,8-11H2,1H3,(H,28,30)(H,27,29,31). The first-order valence-electron chi connectivity index (χ1n) is 11.3. The van der Waals surface area contributed by atoms with Gasteiger partial charge >= 0.3 is 0 Å². The Morgan fingerprint density at radius 2 is 1.62 bits per heavy atom. The molecule has 2 aromatic carbocycles. The first-order valence-corrected chi connectivity index (χ1v) is 11.3. The zero-order valence-corrected chi connectivity index (χ0v) is 18.2. The van der Waals surface area contributed by atoms with Gasteiger partial charge in [0.05, 0.1) is 0 Å². The number of rotatable bonds is 5. The highest BCUT2D eigenvalue weighted by molar-refractivity contribution is 5.96. The van der Waals surface area contributed by atoms with Crippen LogP contribution in [0.1, 0.15) is 31.2 Å². The molecule has 0 unspecified atom stereocenters. The van der Waals surface area contributed by atoms with E-state index in [9.17, 15) is 9.59 Å². The number of aromatic nitrogens is 1. The van der Waals surface area contributed by atoms with Gasteiger partial charge in [0.15, 0.2) is 0 Å². The molecule has 164 valence electrons. The third-order valence-corrected chi connectivity index (χ3v) is 6.33. The molecule has 6 nitrogen and oxygen atoms in total. The minimum Gasteiger partial charge on any atom is -0.381 e. The van der Waals surface area contributed by atoms with Crippen molar-refractivity contribution in [3.63, 3.8) is 0 Å². The number of carbonyl (C=O) groups is 2. The fraction of sp³-hybridized carbons (Fsp3) is 0.346. The van der Waals surface area contributed by atoms with Crippen molar-refractivity contribution in [3.05, 3.63) is 54.2 Å². The number of ether oxygens (including phenoxy) is 1. The second kappa shape index (κ2) is 8.71. The van der Waals surface area contributed by atoms with Crippen LogP contribution in [0.25, 0.3) is 21.9 Å². The largest absolute Gasteiger partial charge is 0.381 e. The predicted molar refractivity (Wildman–Crippen MR) is 125 cm³/mol. The number of aryl methyl sites for hydroxylation is 1. The van der Waals surface area contributed by atoms with Crippen LogP contribution >= 0.6 is 0 Å². The molecule has 1 aliphatic heterocycles. The highest BCUT2D eigenvalue weighted by atomic mass is 16.5. The van der Waals surface area contributed by atoms with Crippen molar-refractivity contribution in [1.82, 2.24) is 4.98 Å². The number of amides is 2. The number of fused-ring (bicyclic) bond motifs is 1. The minimum atomic E-state index is 0.00912. The molecule has 1 saturated carbocycles. The summed E-state index contributed by atoms with van der Waals surface area (Å²) in [5, 5.41) is 8.01. The smallest absolute Gasteiger partial charge is 0.228 e. The van der Waals surface area contributed by atoms with E-state index in [0.29, 0.717) is 19.0 Å². The summed E-state index contributed by atoms with van der Waals surface area (Å²) in [6.07, 6.45) is 5.28. The number of hydrogen-bond acceptors (Lipinski definition) is 4. The van der Waals surface area contributed by atoms with E-state index in [1.165, 1.54) is 0 Å². The van der Waals surface area contributed by atoms with Crippen LogP contribution in [0.4, 0.5) is 11.5 Å². The first kappa shape index (κ1) is 20.6. The van der Waals surface area contributed by atoms with Crippen LogP contribution < -0.4 is 10.6 Å². The third kappa shape index (κ3) is 4.50. The fourth-order valence-corrected chi connectivity index (χ4v) is 4.17. The van der Waals surface area contributed by atoms with Crippen LogP contribution in [0.3, 0.4) is 0 Å². The predicted octanol–water partition coefficient (Wildman–Crippen LogP) is 4.92. The van der Waals surface area contributed by atoms with Gasteiger partial charge in [-0.1, -0.05) is 18.2 Å². The van der Waals surface area contributed by atoms with Crippen LogP contribution in [0.15, 0.2) is 48.7 Å². The zero-order chi connectivity index (χ0) is 22.1. The maximum Gasteiger partial charge on any atom is 0.228 e. The van der Waals surface area contributed by atoms with E-state index in [1.807, 2.05) is 30.3 Å². The molecule has 2 fully saturated rings. The molecule has 0 radical (unpaired) electrons. The van der Waals surface area contributed by atoms with Crippen molar-refractivity contribution in [2.75, 3.05) is 23.8 Å². The normalized spacial score (nSPS) is 16.7. The fourth-order valence-electron chi connectivity index (χ4n) is 4.17. The lowest BCUT2D eigenvalue weighted by Crippen LogP contribution is -2.28. The van der Waals surface area contributed by atoms with Crippen molar-refractivity contribution < 1.29 is 14.3 Å². The SMILES string of the molecule is Cc1ccc(NC(=O)C2CCOCC2)cc1-c1ccc2cc(NC(=O)C3CC3)ncc2c1. The van der Waals surface area contributed by atoms with Crippen molar-refractivity contribution in [3.8, 4) is 11.1 Å². The van der Waals surface area contributed by atoms with Crippen LogP contribution in [0, 0.1) is 18.8 Å². The van der Waals surface area contributed by atoms with E-state index in [4.69, 9.17) is 4.74 Å². The number of hydrogen-bond donors (Lipinski definition) is 2. The summed E-state index contributed by atoms with van der Waals surface area (Å²) in [4.78, 5) is 29.1. The second-order valence-corrected chi connectivity index (χ2v) is 8.80. The minimum absolute atomic E-state index is 0.00912. The van der Waals surface area contributed by atoms with Gasteiger partial charge in [-0.15, -0.1) is 0 Å². The number of pyridine rings is 1. The number of nitrogens with one attached hydrogen (secondary N) is 2. The third-order valence-electron chi connectivity index (χ3n) is 6.33. The van der Waals surface area contributed by atoms with Crippen LogP contribution in [0.5, 0.6) is 0 Å². The second-order valence-electron chi connectivity index (χ2n) is 8.80. The summed E-state index contributed by atoms with van der Waals surface area (Å²) in [6.45, 7) is 3.36. The quantitative estimate of drug-likeness (QED) is 0.603. The average molecular weight is 430 g/mol. The van der Waals surface area contributed by atoms with E-state index >= 15 is 0 Å². The molecule has 32 heavy (non-hydrogen) atoms. The maximum atomic E-state index is 12.6. The molecule has 0 bridgehead atoms. The molecule has 1 aliphatic carbocycles. The summed E-state index contributed by atoms with van der Waals surface area (Å²) < 4.78 is 5.36.